The van der Waals surface area contributed by atoms with Gasteiger partial charge in [-0.05, 0) is 35.9 Å². The summed E-state index contributed by atoms with van der Waals surface area (Å²) in [5.74, 6) is 0.994. The fourth-order valence-electron chi connectivity index (χ4n) is 4.48. The van der Waals surface area contributed by atoms with Crippen LogP contribution in [0.1, 0.15) is 22.7 Å². The maximum atomic E-state index is 13.1. The second kappa shape index (κ2) is 8.51. The van der Waals surface area contributed by atoms with Gasteiger partial charge in [0.15, 0.2) is 11.5 Å². The van der Waals surface area contributed by atoms with Crippen molar-refractivity contribution in [2.45, 2.75) is 12.2 Å². The summed E-state index contributed by atoms with van der Waals surface area (Å²) < 4.78 is 50.2. The highest BCUT2D eigenvalue weighted by Gasteiger charge is 2.33. The Morgan fingerprint density at radius 1 is 0.818 bits per heavy atom. The molecule has 0 spiro atoms. The molecule has 0 bridgehead atoms. The van der Waals surface area contributed by atoms with Crippen LogP contribution in [0.25, 0.3) is 0 Å². The van der Waals surface area contributed by atoms with Gasteiger partial charge in [-0.2, -0.15) is 13.2 Å². The largest absolute Gasteiger partial charge is 0.507 e. The highest BCUT2D eigenvalue weighted by atomic mass is 19.4. The smallest absolute Gasteiger partial charge is 0.416 e. The van der Waals surface area contributed by atoms with E-state index in [2.05, 4.69) is 21.9 Å². The standard InChI is InChI=1S/C25H23F3N2O3/c26-25(27,28)18-8-6-17(7-9-18)24(20-14-22-23(15-21(20)31)33-16-32-22)30-12-10-29(11-13-30)19-4-2-1-3-5-19/h1-9,14-15,24,31H,10-13,16H2/t24-/m1/s1. The zero-order valence-corrected chi connectivity index (χ0v) is 17.8. The van der Waals surface area contributed by atoms with Gasteiger partial charge in [0.1, 0.15) is 5.75 Å². The van der Waals surface area contributed by atoms with Gasteiger partial charge in [-0.15, -0.1) is 0 Å². The molecule has 0 radical (unpaired) electrons. The van der Waals surface area contributed by atoms with Crippen molar-refractivity contribution in [3.05, 3.63) is 83.4 Å². The minimum Gasteiger partial charge on any atom is -0.507 e. The first-order valence-electron chi connectivity index (χ1n) is 10.7. The minimum absolute atomic E-state index is 0.0228. The zero-order chi connectivity index (χ0) is 23.0. The number of alkyl halides is 3. The van der Waals surface area contributed by atoms with E-state index in [-0.39, 0.29) is 12.5 Å². The molecule has 1 fully saturated rings. The molecular weight excluding hydrogens is 433 g/mol. The van der Waals surface area contributed by atoms with Gasteiger partial charge in [-0.25, -0.2) is 0 Å². The number of benzene rings is 3. The van der Waals surface area contributed by atoms with Crippen molar-refractivity contribution in [2.24, 2.45) is 0 Å². The third-order valence-electron chi connectivity index (χ3n) is 6.17. The summed E-state index contributed by atoms with van der Waals surface area (Å²) >= 11 is 0. The lowest BCUT2D eigenvalue weighted by Crippen LogP contribution is -2.48. The minimum atomic E-state index is -4.41. The van der Waals surface area contributed by atoms with Crippen LogP contribution < -0.4 is 14.4 Å². The number of hydrogen-bond donors (Lipinski definition) is 1. The Morgan fingerprint density at radius 3 is 2.09 bits per heavy atom. The van der Waals surface area contributed by atoms with E-state index in [0.29, 0.717) is 35.7 Å². The van der Waals surface area contributed by atoms with Gasteiger partial charge in [0.05, 0.1) is 11.6 Å². The number of anilines is 1. The van der Waals surface area contributed by atoms with E-state index >= 15 is 0 Å². The Bertz CT molecular complexity index is 1110. The number of rotatable bonds is 4. The molecule has 1 saturated heterocycles. The predicted octanol–water partition coefficient (Wildman–Crippen LogP) is 5.05. The molecule has 5 nitrogen and oxygen atoms in total. The molecule has 0 aliphatic carbocycles. The van der Waals surface area contributed by atoms with Crippen LogP contribution in [0, 0.1) is 0 Å². The summed E-state index contributed by atoms with van der Waals surface area (Å²) in [6.45, 7) is 2.93. The lowest BCUT2D eigenvalue weighted by atomic mass is 9.94. The molecule has 2 heterocycles. The number of nitrogens with zero attached hydrogens (tertiary/aromatic N) is 2. The second-order valence-electron chi connectivity index (χ2n) is 8.15. The van der Waals surface area contributed by atoms with Crippen molar-refractivity contribution in [1.29, 1.82) is 0 Å². The number of hydrogen-bond acceptors (Lipinski definition) is 5. The number of para-hydroxylation sites is 1. The van der Waals surface area contributed by atoms with Crippen LogP contribution in [-0.4, -0.2) is 43.0 Å². The Hall–Kier alpha value is -3.39. The van der Waals surface area contributed by atoms with Crippen LogP contribution in [0.4, 0.5) is 18.9 Å². The molecule has 3 aromatic rings. The van der Waals surface area contributed by atoms with Crippen molar-refractivity contribution >= 4 is 5.69 Å². The number of fused-ring (bicyclic) bond motifs is 1. The zero-order valence-electron chi connectivity index (χ0n) is 17.8. The molecule has 33 heavy (non-hydrogen) atoms. The lowest BCUT2D eigenvalue weighted by molar-refractivity contribution is -0.137. The van der Waals surface area contributed by atoms with E-state index in [1.807, 2.05) is 18.2 Å². The van der Waals surface area contributed by atoms with Crippen molar-refractivity contribution in [3.8, 4) is 17.2 Å². The van der Waals surface area contributed by atoms with Gasteiger partial charge in [-0.3, -0.25) is 4.90 Å². The van der Waals surface area contributed by atoms with Crippen molar-refractivity contribution in [1.82, 2.24) is 4.90 Å². The monoisotopic (exact) mass is 456 g/mol. The molecule has 3 aromatic carbocycles. The molecular formula is C25H23F3N2O3. The SMILES string of the molecule is Oc1cc2c(cc1[C@@H](c1ccc(C(F)(F)F)cc1)N1CCN(c3ccccc3)CC1)OCO2. The van der Waals surface area contributed by atoms with E-state index in [9.17, 15) is 18.3 Å². The van der Waals surface area contributed by atoms with Crippen LogP contribution in [0.2, 0.25) is 0 Å². The van der Waals surface area contributed by atoms with Crippen LogP contribution in [0.15, 0.2) is 66.7 Å². The van der Waals surface area contributed by atoms with Crippen molar-refractivity contribution in [2.75, 3.05) is 37.9 Å². The van der Waals surface area contributed by atoms with Gasteiger partial charge >= 0.3 is 6.18 Å². The fraction of sp³-hybridized carbons (Fsp3) is 0.280. The maximum absolute atomic E-state index is 13.1. The molecule has 0 unspecified atom stereocenters. The van der Waals surface area contributed by atoms with Crippen LogP contribution in [0.5, 0.6) is 17.2 Å². The highest BCUT2D eigenvalue weighted by molar-refractivity contribution is 5.54. The number of ether oxygens (including phenoxy) is 2. The summed E-state index contributed by atoms with van der Waals surface area (Å²) in [5.41, 5.74) is 1.68. The Morgan fingerprint density at radius 2 is 1.45 bits per heavy atom. The van der Waals surface area contributed by atoms with E-state index in [0.717, 1.165) is 30.9 Å². The third-order valence-corrected chi connectivity index (χ3v) is 6.17. The van der Waals surface area contributed by atoms with Crippen molar-refractivity contribution in [3.63, 3.8) is 0 Å². The number of phenolic OH excluding ortho intramolecular Hbond substituents is 1. The lowest BCUT2D eigenvalue weighted by Gasteiger charge is -2.40. The second-order valence-corrected chi connectivity index (χ2v) is 8.15. The topological polar surface area (TPSA) is 45.2 Å². The molecule has 1 atom stereocenters. The maximum Gasteiger partial charge on any atom is 0.416 e. The first-order valence-corrected chi connectivity index (χ1v) is 10.7. The molecule has 1 N–H and O–H groups in total. The molecule has 0 amide bonds. The predicted molar refractivity (Wildman–Crippen MR) is 118 cm³/mol. The van der Waals surface area contributed by atoms with E-state index in [1.165, 1.54) is 18.2 Å². The van der Waals surface area contributed by atoms with Gasteiger partial charge in [0, 0.05) is 43.5 Å². The quantitative estimate of drug-likeness (QED) is 0.595. The van der Waals surface area contributed by atoms with Crippen LogP contribution >= 0.6 is 0 Å². The number of halogens is 3. The molecule has 5 rings (SSSR count). The number of piperazine rings is 1. The number of phenols is 1. The van der Waals surface area contributed by atoms with E-state index in [4.69, 9.17) is 9.47 Å². The van der Waals surface area contributed by atoms with E-state index in [1.54, 1.807) is 6.07 Å². The first-order chi connectivity index (χ1) is 15.9. The van der Waals surface area contributed by atoms with Gasteiger partial charge in [0.2, 0.25) is 6.79 Å². The van der Waals surface area contributed by atoms with Gasteiger partial charge in [0.25, 0.3) is 0 Å². The average molecular weight is 456 g/mol. The molecule has 2 aliphatic heterocycles. The Labute approximate surface area is 189 Å². The average Bonchev–Trinajstić information content (AvgIpc) is 3.27. The Kier molecular flexibility index (Phi) is 5.54. The highest BCUT2D eigenvalue weighted by Crippen LogP contribution is 2.44. The molecule has 8 heteroatoms. The van der Waals surface area contributed by atoms with E-state index < -0.39 is 17.8 Å². The fourth-order valence-corrected chi connectivity index (χ4v) is 4.48. The summed E-state index contributed by atoms with van der Waals surface area (Å²) in [6.07, 6.45) is -4.41. The van der Waals surface area contributed by atoms with Gasteiger partial charge in [-0.1, -0.05) is 30.3 Å². The summed E-state index contributed by atoms with van der Waals surface area (Å²) in [4.78, 5) is 4.46. The molecule has 0 aromatic heterocycles. The summed E-state index contributed by atoms with van der Waals surface area (Å²) in [5, 5.41) is 10.8. The normalized spacial score (nSPS) is 17.2. The van der Waals surface area contributed by atoms with Crippen LogP contribution in [0.3, 0.4) is 0 Å². The number of aromatic hydroxyl groups is 1. The van der Waals surface area contributed by atoms with Crippen LogP contribution in [-0.2, 0) is 6.18 Å². The van der Waals surface area contributed by atoms with Crippen molar-refractivity contribution < 1.29 is 27.8 Å². The molecule has 2 aliphatic rings. The molecule has 0 saturated carbocycles. The van der Waals surface area contributed by atoms with Gasteiger partial charge < -0.3 is 19.5 Å². The molecule has 172 valence electrons. The third kappa shape index (κ3) is 4.30. The Balaban J connectivity index is 1.47. The first kappa shape index (κ1) is 21.5. The summed E-state index contributed by atoms with van der Waals surface area (Å²) in [6, 6.07) is 18.1. The summed E-state index contributed by atoms with van der Waals surface area (Å²) in [7, 11) is 0.